The SMILES string of the molecule is Cc1ccccc1-n1c(=O)n(-c2ccc(-c3c4ccccc4c(-c4ccc5ccccc5c4)c4ccccc34)cc2)c2ccccc21. The molecule has 0 amide bonds. The van der Waals surface area contributed by atoms with Crippen LogP contribution in [0.15, 0.2) is 169 Å². The van der Waals surface area contributed by atoms with Crippen LogP contribution < -0.4 is 5.69 Å². The Bertz CT molecular complexity index is 2650. The van der Waals surface area contributed by atoms with Gasteiger partial charge in [0, 0.05) is 0 Å². The fourth-order valence-electron chi connectivity index (χ4n) is 7.32. The van der Waals surface area contributed by atoms with Crippen molar-refractivity contribution in [3.8, 4) is 33.6 Å². The smallest absolute Gasteiger partial charge is 0.260 e. The summed E-state index contributed by atoms with van der Waals surface area (Å²) >= 11 is 0. The first-order chi connectivity index (χ1) is 23.2. The van der Waals surface area contributed by atoms with Gasteiger partial charge in [0.15, 0.2) is 0 Å². The van der Waals surface area contributed by atoms with E-state index in [9.17, 15) is 4.79 Å². The highest BCUT2D eigenvalue weighted by atomic mass is 16.1. The molecule has 0 aliphatic carbocycles. The standard InChI is InChI=1S/C44H30N2O/c1-29-12-2-9-19-39(29)46-41-21-11-10-20-40(41)45(44(46)47)34-26-24-31(25-27-34)42-35-15-5-7-17-37(35)43(38-18-8-6-16-36(38)42)33-23-22-30-13-3-4-14-32(30)28-33/h2-28H,1H3. The molecule has 0 saturated carbocycles. The van der Waals surface area contributed by atoms with Gasteiger partial charge in [0.2, 0.25) is 0 Å². The number of rotatable bonds is 4. The molecule has 0 fully saturated rings. The van der Waals surface area contributed by atoms with Crippen molar-refractivity contribution >= 4 is 43.4 Å². The van der Waals surface area contributed by atoms with Crippen LogP contribution in [0.25, 0.3) is 77.0 Å². The first-order valence-electron chi connectivity index (χ1n) is 16.0. The van der Waals surface area contributed by atoms with Gasteiger partial charge in [-0.15, -0.1) is 0 Å². The topological polar surface area (TPSA) is 26.9 Å². The monoisotopic (exact) mass is 602 g/mol. The summed E-state index contributed by atoms with van der Waals surface area (Å²) < 4.78 is 3.65. The number of fused-ring (bicyclic) bond motifs is 4. The van der Waals surface area contributed by atoms with Crippen LogP contribution in [-0.2, 0) is 0 Å². The Labute approximate surface area is 272 Å². The maximum absolute atomic E-state index is 14.1. The molecule has 0 unspecified atom stereocenters. The second-order valence-electron chi connectivity index (χ2n) is 12.2. The van der Waals surface area contributed by atoms with Crippen molar-refractivity contribution in [3.63, 3.8) is 0 Å². The van der Waals surface area contributed by atoms with Gasteiger partial charge < -0.3 is 0 Å². The zero-order chi connectivity index (χ0) is 31.5. The first kappa shape index (κ1) is 27.1. The van der Waals surface area contributed by atoms with Crippen LogP contribution in [0.5, 0.6) is 0 Å². The van der Waals surface area contributed by atoms with E-state index in [1.54, 1.807) is 0 Å². The Hall–Kier alpha value is -6.19. The van der Waals surface area contributed by atoms with Gasteiger partial charge in [-0.05, 0) is 103 Å². The Morgan fingerprint density at radius 3 is 1.55 bits per heavy atom. The first-order valence-corrected chi connectivity index (χ1v) is 16.0. The van der Waals surface area contributed by atoms with Crippen LogP contribution >= 0.6 is 0 Å². The summed E-state index contributed by atoms with van der Waals surface area (Å²) in [4.78, 5) is 14.1. The molecule has 1 heterocycles. The normalized spacial score (nSPS) is 11.6. The van der Waals surface area contributed by atoms with E-state index >= 15 is 0 Å². The maximum Gasteiger partial charge on any atom is 0.338 e. The van der Waals surface area contributed by atoms with Gasteiger partial charge in [0.1, 0.15) is 0 Å². The lowest BCUT2D eigenvalue weighted by Gasteiger charge is -2.18. The second-order valence-corrected chi connectivity index (χ2v) is 12.2. The summed E-state index contributed by atoms with van der Waals surface area (Å²) in [5.41, 5.74) is 9.24. The molecule has 9 aromatic rings. The van der Waals surface area contributed by atoms with Gasteiger partial charge in [-0.3, -0.25) is 9.13 Å². The average Bonchev–Trinajstić information content (AvgIpc) is 3.42. The van der Waals surface area contributed by atoms with Crippen LogP contribution in [0.2, 0.25) is 0 Å². The van der Waals surface area contributed by atoms with Gasteiger partial charge >= 0.3 is 5.69 Å². The summed E-state index contributed by atoms with van der Waals surface area (Å²) in [5.74, 6) is 0. The number of benzene rings is 8. The van der Waals surface area contributed by atoms with E-state index in [-0.39, 0.29) is 5.69 Å². The van der Waals surface area contributed by atoms with E-state index in [1.165, 1.54) is 49.0 Å². The average molecular weight is 603 g/mol. The third-order valence-electron chi connectivity index (χ3n) is 9.49. The highest BCUT2D eigenvalue weighted by Crippen LogP contribution is 2.44. The number of hydrogen-bond acceptors (Lipinski definition) is 1. The number of para-hydroxylation sites is 3. The number of aryl methyl sites for hydroxylation is 1. The minimum atomic E-state index is -0.0797. The highest BCUT2D eigenvalue weighted by Gasteiger charge is 2.19. The fraction of sp³-hybridized carbons (Fsp3) is 0.0227. The van der Waals surface area contributed by atoms with Crippen LogP contribution in [0.1, 0.15) is 5.56 Å². The van der Waals surface area contributed by atoms with Crippen LogP contribution in [0, 0.1) is 6.92 Å². The summed E-state index contributed by atoms with van der Waals surface area (Å²) in [6.07, 6.45) is 0. The van der Waals surface area contributed by atoms with Crippen molar-refractivity contribution in [2.45, 2.75) is 6.92 Å². The van der Waals surface area contributed by atoms with Crippen LogP contribution in [-0.4, -0.2) is 9.13 Å². The molecule has 0 saturated heterocycles. The molecule has 47 heavy (non-hydrogen) atoms. The minimum Gasteiger partial charge on any atom is -0.260 e. The lowest BCUT2D eigenvalue weighted by Crippen LogP contribution is -2.22. The molecule has 0 aliphatic heterocycles. The van der Waals surface area contributed by atoms with Crippen molar-refractivity contribution in [2.75, 3.05) is 0 Å². The number of imidazole rings is 1. The molecular weight excluding hydrogens is 572 g/mol. The number of nitrogens with zero attached hydrogens (tertiary/aromatic N) is 2. The molecular formula is C44H30N2O. The Kier molecular flexibility index (Phi) is 6.19. The third kappa shape index (κ3) is 4.24. The van der Waals surface area contributed by atoms with E-state index in [0.29, 0.717) is 0 Å². The van der Waals surface area contributed by atoms with E-state index in [0.717, 1.165) is 33.5 Å². The predicted octanol–water partition coefficient (Wildman–Crippen LogP) is 10.9. The lowest BCUT2D eigenvalue weighted by molar-refractivity contribution is 0.925. The van der Waals surface area contributed by atoms with Gasteiger partial charge in [-0.25, -0.2) is 4.79 Å². The molecule has 8 aromatic carbocycles. The molecule has 0 N–H and O–H groups in total. The molecule has 1 aromatic heterocycles. The largest absolute Gasteiger partial charge is 0.338 e. The molecule has 0 spiro atoms. The quantitative estimate of drug-likeness (QED) is 0.184. The predicted molar refractivity (Wildman–Crippen MR) is 197 cm³/mol. The van der Waals surface area contributed by atoms with E-state index in [4.69, 9.17) is 0 Å². The zero-order valence-electron chi connectivity index (χ0n) is 25.9. The van der Waals surface area contributed by atoms with E-state index < -0.39 is 0 Å². The molecule has 0 bridgehead atoms. The van der Waals surface area contributed by atoms with E-state index in [1.807, 2.05) is 64.6 Å². The number of hydrogen-bond donors (Lipinski definition) is 0. The van der Waals surface area contributed by atoms with Crippen molar-refractivity contribution in [1.82, 2.24) is 9.13 Å². The lowest BCUT2D eigenvalue weighted by atomic mass is 9.85. The highest BCUT2D eigenvalue weighted by molar-refractivity contribution is 6.21. The van der Waals surface area contributed by atoms with Crippen LogP contribution in [0.4, 0.5) is 0 Å². The summed E-state index contributed by atoms with van der Waals surface area (Å²) in [6.45, 7) is 2.04. The maximum atomic E-state index is 14.1. The Morgan fingerprint density at radius 2 is 0.915 bits per heavy atom. The van der Waals surface area contributed by atoms with Crippen molar-refractivity contribution < 1.29 is 0 Å². The minimum absolute atomic E-state index is 0.0797. The van der Waals surface area contributed by atoms with Crippen LogP contribution in [0.3, 0.4) is 0 Å². The molecule has 3 heteroatoms. The van der Waals surface area contributed by atoms with Gasteiger partial charge in [0.05, 0.1) is 22.4 Å². The summed E-state index contributed by atoms with van der Waals surface area (Å²) in [6, 6.07) is 57.3. The van der Waals surface area contributed by atoms with Crippen molar-refractivity contribution in [2.24, 2.45) is 0 Å². The number of aromatic nitrogens is 2. The fourth-order valence-corrected chi connectivity index (χ4v) is 7.32. The Morgan fingerprint density at radius 1 is 0.426 bits per heavy atom. The second kappa shape index (κ2) is 10.7. The third-order valence-corrected chi connectivity index (χ3v) is 9.49. The summed E-state index contributed by atoms with van der Waals surface area (Å²) in [7, 11) is 0. The van der Waals surface area contributed by atoms with E-state index in [2.05, 4.69) is 115 Å². The molecule has 0 atom stereocenters. The van der Waals surface area contributed by atoms with Gasteiger partial charge in [-0.1, -0.05) is 127 Å². The summed E-state index contributed by atoms with van der Waals surface area (Å²) in [5, 5.41) is 7.32. The van der Waals surface area contributed by atoms with Crippen molar-refractivity contribution in [3.05, 3.63) is 180 Å². The van der Waals surface area contributed by atoms with Gasteiger partial charge in [0.25, 0.3) is 0 Å². The van der Waals surface area contributed by atoms with Gasteiger partial charge in [-0.2, -0.15) is 0 Å². The molecule has 0 aliphatic rings. The zero-order valence-corrected chi connectivity index (χ0v) is 25.9. The molecule has 0 radical (unpaired) electrons. The molecule has 9 rings (SSSR count). The Balaban J connectivity index is 1.25. The molecule has 3 nitrogen and oxygen atoms in total. The van der Waals surface area contributed by atoms with Crippen molar-refractivity contribution in [1.29, 1.82) is 0 Å². The molecule has 222 valence electrons.